The molecule has 7 nitrogen and oxygen atoms in total. The van der Waals surface area contributed by atoms with Crippen LogP contribution in [0.2, 0.25) is 0 Å². The van der Waals surface area contributed by atoms with Gasteiger partial charge in [0, 0.05) is 19.0 Å². The molecule has 0 unspecified atom stereocenters. The van der Waals surface area contributed by atoms with E-state index in [1.807, 2.05) is 95.3 Å². The van der Waals surface area contributed by atoms with Gasteiger partial charge in [-0.3, -0.25) is 13.9 Å². The molecule has 0 aliphatic rings. The first-order chi connectivity index (χ1) is 20.9. The lowest BCUT2D eigenvalue weighted by molar-refractivity contribution is -0.140. The van der Waals surface area contributed by atoms with Crippen molar-refractivity contribution in [2.24, 2.45) is 0 Å². The molecule has 0 radical (unpaired) electrons. The molecule has 4 aromatic rings. The number of hydrogen-bond acceptors (Lipinski definition) is 4. The number of amides is 2. The van der Waals surface area contributed by atoms with Crippen LogP contribution in [-0.2, 0) is 32.6 Å². The molecule has 0 aliphatic carbocycles. The molecule has 44 heavy (non-hydrogen) atoms. The molecule has 0 aliphatic heterocycles. The number of benzene rings is 4. The second-order valence-corrected chi connectivity index (χ2v) is 13.4. The third-order valence-electron chi connectivity index (χ3n) is 7.28. The highest BCUT2D eigenvalue weighted by Crippen LogP contribution is 2.27. The van der Waals surface area contributed by atoms with E-state index in [1.165, 1.54) is 17.0 Å². The zero-order valence-corrected chi connectivity index (χ0v) is 26.8. The average Bonchev–Trinajstić information content (AvgIpc) is 2.98. The summed E-state index contributed by atoms with van der Waals surface area (Å²) in [6.07, 6.45) is 0.270. The van der Waals surface area contributed by atoms with Gasteiger partial charge in [-0.05, 0) is 81.1 Å². The Kier molecular flexibility index (Phi) is 10.6. The molecule has 0 aromatic heterocycles. The largest absolute Gasteiger partial charge is 0.352 e. The summed E-state index contributed by atoms with van der Waals surface area (Å²) in [5.74, 6) is -0.780. The Morgan fingerprint density at radius 3 is 1.86 bits per heavy atom. The van der Waals surface area contributed by atoms with Gasteiger partial charge in [0.15, 0.2) is 0 Å². The summed E-state index contributed by atoms with van der Waals surface area (Å²) in [6.45, 7) is 9.16. The number of carbonyl (C=O) groups is 2. The van der Waals surface area contributed by atoms with Crippen molar-refractivity contribution in [2.45, 2.75) is 64.6 Å². The number of aryl methyl sites for hydroxylation is 3. The van der Waals surface area contributed by atoms with Gasteiger partial charge in [-0.1, -0.05) is 84.4 Å². The van der Waals surface area contributed by atoms with Crippen molar-refractivity contribution in [3.8, 4) is 0 Å². The molecule has 0 heterocycles. The second-order valence-electron chi connectivity index (χ2n) is 11.5. The third-order valence-corrected chi connectivity index (χ3v) is 9.07. The zero-order chi connectivity index (χ0) is 31.9. The number of sulfonamides is 1. The predicted octanol–water partition coefficient (Wildman–Crippen LogP) is 5.97. The summed E-state index contributed by atoms with van der Waals surface area (Å²) >= 11 is 0. The Hall–Kier alpha value is -4.43. The Morgan fingerprint density at radius 2 is 1.30 bits per heavy atom. The molecule has 4 aromatic carbocycles. The number of rotatable bonds is 12. The maximum Gasteiger partial charge on any atom is 0.264 e. The van der Waals surface area contributed by atoms with E-state index in [0.29, 0.717) is 5.69 Å². The van der Waals surface area contributed by atoms with Crippen molar-refractivity contribution in [1.82, 2.24) is 10.2 Å². The van der Waals surface area contributed by atoms with E-state index in [9.17, 15) is 18.0 Å². The SMILES string of the molecule is Cc1ccc(CN(C(=O)CN(c2cc(C)cc(C)c2)S(=O)(=O)c2ccccc2)[C@@H](Cc2ccccc2)C(=O)NC(C)C)cc1. The number of nitrogens with zero attached hydrogens (tertiary/aromatic N) is 2. The highest BCUT2D eigenvalue weighted by Gasteiger charge is 2.35. The molecule has 4 rings (SSSR count). The summed E-state index contributed by atoms with van der Waals surface area (Å²) in [7, 11) is -4.13. The molecule has 0 saturated heterocycles. The predicted molar refractivity (Wildman–Crippen MR) is 176 cm³/mol. The summed E-state index contributed by atoms with van der Waals surface area (Å²) < 4.78 is 29.4. The quantitative estimate of drug-likeness (QED) is 0.214. The van der Waals surface area contributed by atoms with E-state index in [0.717, 1.165) is 32.1 Å². The molecule has 0 bridgehead atoms. The van der Waals surface area contributed by atoms with E-state index < -0.39 is 28.5 Å². The van der Waals surface area contributed by atoms with Gasteiger partial charge in [-0.25, -0.2) is 8.42 Å². The van der Waals surface area contributed by atoms with Crippen LogP contribution >= 0.6 is 0 Å². The molecule has 2 amide bonds. The first kappa shape index (κ1) is 32.5. The van der Waals surface area contributed by atoms with Crippen molar-refractivity contribution in [1.29, 1.82) is 0 Å². The monoisotopic (exact) mass is 611 g/mol. The van der Waals surface area contributed by atoms with Crippen molar-refractivity contribution < 1.29 is 18.0 Å². The lowest BCUT2D eigenvalue weighted by atomic mass is 10.0. The lowest BCUT2D eigenvalue weighted by Crippen LogP contribution is -2.54. The van der Waals surface area contributed by atoms with Crippen LogP contribution in [-0.4, -0.2) is 43.8 Å². The van der Waals surface area contributed by atoms with Crippen LogP contribution in [0.3, 0.4) is 0 Å². The molecule has 1 atom stereocenters. The smallest absolute Gasteiger partial charge is 0.264 e. The van der Waals surface area contributed by atoms with Crippen LogP contribution in [0, 0.1) is 20.8 Å². The van der Waals surface area contributed by atoms with Crippen molar-refractivity contribution in [2.75, 3.05) is 10.8 Å². The number of hydrogen-bond donors (Lipinski definition) is 1. The fourth-order valence-corrected chi connectivity index (χ4v) is 6.59. The highest BCUT2D eigenvalue weighted by atomic mass is 32.2. The van der Waals surface area contributed by atoms with Gasteiger partial charge in [0.1, 0.15) is 12.6 Å². The molecular formula is C36H41N3O4S. The third kappa shape index (κ3) is 8.35. The number of carbonyl (C=O) groups excluding carboxylic acids is 2. The van der Waals surface area contributed by atoms with E-state index in [4.69, 9.17) is 0 Å². The van der Waals surface area contributed by atoms with Gasteiger partial charge in [0.05, 0.1) is 10.6 Å². The first-order valence-corrected chi connectivity index (χ1v) is 16.2. The van der Waals surface area contributed by atoms with Crippen molar-refractivity contribution in [3.05, 3.63) is 131 Å². The Labute approximate surface area is 261 Å². The molecule has 0 spiro atoms. The molecule has 0 saturated carbocycles. The van der Waals surface area contributed by atoms with Gasteiger partial charge >= 0.3 is 0 Å². The minimum Gasteiger partial charge on any atom is -0.352 e. The first-order valence-electron chi connectivity index (χ1n) is 14.8. The molecule has 1 N–H and O–H groups in total. The minimum atomic E-state index is -4.13. The van der Waals surface area contributed by atoms with Crippen LogP contribution in [0.25, 0.3) is 0 Å². The van der Waals surface area contributed by atoms with Gasteiger partial charge in [-0.2, -0.15) is 0 Å². The van der Waals surface area contributed by atoms with Gasteiger partial charge in [0.25, 0.3) is 10.0 Å². The van der Waals surface area contributed by atoms with Gasteiger partial charge < -0.3 is 10.2 Å². The van der Waals surface area contributed by atoms with Crippen molar-refractivity contribution >= 4 is 27.5 Å². The van der Waals surface area contributed by atoms with Crippen LogP contribution in [0.1, 0.15) is 41.7 Å². The Bertz CT molecular complexity index is 1650. The maximum atomic E-state index is 14.5. The fourth-order valence-electron chi connectivity index (χ4n) is 5.17. The zero-order valence-electron chi connectivity index (χ0n) is 26.0. The lowest BCUT2D eigenvalue weighted by Gasteiger charge is -2.34. The molecule has 0 fully saturated rings. The fraction of sp³-hybridized carbons (Fsp3) is 0.278. The average molecular weight is 612 g/mol. The standard InChI is InChI=1S/C36H41N3O4S/c1-26(2)37-36(41)34(23-30-12-8-6-9-13-30)38(24-31-18-16-27(3)17-19-31)35(40)25-39(32-21-28(4)20-29(5)22-32)44(42,43)33-14-10-7-11-15-33/h6-22,26,34H,23-25H2,1-5H3,(H,37,41)/t34-/m0/s1. The summed E-state index contributed by atoms with van der Waals surface area (Å²) in [5.41, 5.74) is 4.93. The maximum absolute atomic E-state index is 14.5. The Morgan fingerprint density at radius 1 is 0.727 bits per heavy atom. The van der Waals surface area contributed by atoms with E-state index in [2.05, 4.69) is 5.32 Å². The van der Waals surface area contributed by atoms with Crippen LogP contribution in [0.15, 0.2) is 108 Å². The van der Waals surface area contributed by atoms with E-state index >= 15 is 0 Å². The molecule has 230 valence electrons. The van der Waals surface area contributed by atoms with Crippen LogP contribution in [0.5, 0.6) is 0 Å². The van der Waals surface area contributed by atoms with E-state index in [-0.39, 0.29) is 29.8 Å². The Balaban J connectivity index is 1.82. The number of nitrogens with one attached hydrogen (secondary N) is 1. The number of anilines is 1. The minimum absolute atomic E-state index is 0.0791. The summed E-state index contributed by atoms with van der Waals surface area (Å²) in [5, 5.41) is 2.98. The van der Waals surface area contributed by atoms with Gasteiger partial charge in [-0.15, -0.1) is 0 Å². The van der Waals surface area contributed by atoms with E-state index in [1.54, 1.807) is 30.3 Å². The topological polar surface area (TPSA) is 86.8 Å². The van der Waals surface area contributed by atoms with Crippen LogP contribution < -0.4 is 9.62 Å². The highest BCUT2D eigenvalue weighted by molar-refractivity contribution is 7.92. The summed E-state index contributed by atoms with van der Waals surface area (Å²) in [6, 6.07) is 29.9. The summed E-state index contributed by atoms with van der Waals surface area (Å²) in [4.78, 5) is 29.9. The second kappa shape index (κ2) is 14.4. The normalized spacial score (nSPS) is 12.0. The molecular weight excluding hydrogens is 570 g/mol. The van der Waals surface area contributed by atoms with Crippen molar-refractivity contribution in [3.63, 3.8) is 0 Å². The van der Waals surface area contributed by atoms with Gasteiger partial charge in [0.2, 0.25) is 11.8 Å². The van der Waals surface area contributed by atoms with Crippen LogP contribution in [0.4, 0.5) is 5.69 Å². The molecule has 8 heteroatoms.